The third-order valence-electron chi connectivity index (χ3n) is 16.7. The standard InChI is InChI=1S/C53H94O29S/c1-59-20-28-33-24(18-56)35(64-6)50(75-28)81-39-30(22-61-3)76-53(46(70-12)43(39)67-9)79-37-27(15-17-55)71-51(44(68-10)42(37)66-8)78-36-26(14-16-54)72-52(45(69-11)41(36)65-7)80-38-29(21-60-2)73-48(25(19-57)34(38)63-5)82-40-31(23-62-4)74-49(77-33)32(58)47(40)83-13/h24-58H,14-23H2,1-13H3/t24-,25?,26?,27?,28?,29?,30?,31?,32?,33-,34+,35?,36+,37+,38+,39+,40+,41-,42-,43-,44?,45?,46?,47+,48-,49-,50-,51-,52-,53-/m0/s1. The highest BCUT2D eigenvalue weighted by Crippen LogP contribution is 2.44. The average molecular weight is 1230 g/mol. The number of hydrogen-bond donors (Lipinski definition) is 5. The van der Waals surface area contributed by atoms with Gasteiger partial charge in [-0.2, -0.15) is 11.8 Å². The van der Waals surface area contributed by atoms with Gasteiger partial charge in [-0.15, -0.1) is 0 Å². The molecule has 22 heterocycles. The molecule has 29 nitrogen and oxygen atoms in total. The molecule has 0 saturated carbocycles. The van der Waals surface area contributed by atoms with E-state index in [1.165, 1.54) is 97.1 Å². The minimum Gasteiger partial charge on any atom is -0.396 e. The van der Waals surface area contributed by atoms with Crippen molar-refractivity contribution in [2.45, 2.75) is 184 Å². The van der Waals surface area contributed by atoms with E-state index in [1.54, 1.807) is 6.26 Å². The second-order valence-corrected chi connectivity index (χ2v) is 22.2. The Hall–Kier alpha value is -0.810. The molecule has 30 heteroatoms. The maximum absolute atomic E-state index is 12.4. The molecule has 0 aromatic heterocycles. The molecule has 5 N–H and O–H groups in total. The smallest absolute Gasteiger partial charge is 0.187 e. The van der Waals surface area contributed by atoms with E-state index in [9.17, 15) is 25.5 Å². The lowest BCUT2D eigenvalue weighted by Crippen LogP contribution is -2.69. The molecule has 22 aliphatic heterocycles. The zero-order chi connectivity index (χ0) is 60.1. The van der Waals surface area contributed by atoms with Crippen LogP contribution in [0.15, 0.2) is 0 Å². The van der Waals surface area contributed by atoms with Crippen LogP contribution in [0.1, 0.15) is 12.8 Å². The van der Waals surface area contributed by atoms with Crippen molar-refractivity contribution in [1.29, 1.82) is 0 Å². The largest absolute Gasteiger partial charge is 0.396 e. The molecule has 0 amide bonds. The topological polar surface area (TPSA) is 323 Å². The quantitative estimate of drug-likeness (QED) is 0.0703. The van der Waals surface area contributed by atoms with Gasteiger partial charge in [0.2, 0.25) is 0 Å². The van der Waals surface area contributed by atoms with Crippen LogP contribution < -0.4 is 0 Å². The molecule has 22 saturated heterocycles. The van der Waals surface area contributed by atoms with Crippen LogP contribution in [-0.4, -0.2) is 341 Å². The summed E-state index contributed by atoms with van der Waals surface area (Å²) in [6, 6.07) is 0. The van der Waals surface area contributed by atoms with Crippen LogP contribution in [0.25, 0.3) is 0 Å². The molecule has 0 radical (unpaired) electrons. The fraction of sp³-hybridized carbons (Fsp3) is 1.00. The molecule has 12 unspecified atom stereocenters. The van der Waals surface area contributed by atoms with Crippen LogP contribution in [0.5, 0.6) is 0 Å². The van der Waals surface area contributed by atoms with E-state index in [-0.39, 0.29) is 52.5 Å². The van der Waals surface area contributed by atoms with Crippen molar-refractivity contribution in [3.63, 3.8) is 0 Å². The van der Waals surface area contributed by atoms with E-state index in [0.717, 1.165) is 0 Å². The van der Waals surface area contributed by atoms with E-state index in [2.05, 4.69) is 0 Å². The second-order valence-electron chi connectivity index (χ2n) is 21.2. The van der Waals surface area contributed by atoms with Gasteiger partial charge in [-0.3, -0.25) is 0 Å². The normalized spacial score (nSPS) is 46.5. The van der Waals surface area contributed by atoms with E-state index in [0.29, 0.717) is 0 Å². The van der Waals surface area contributed by atoms with Crippen LogP contribution in [0, 0.1) is 11.8 Å². The molecule has 486 valence electrons. The van der Waals surface area contributed by atoms with Gasteiger partial charge in [-0.25, -0.2) is 0 Å². The molecular formula is C53H94O29S. The van der Waals surface area contributed by atoms with Crippen LogP contribution in [0.2, 0.25) is 0 Å². The first-order valence-electron chi connectivity index (χ1n) is 28.0. The molecule has 22 rings (SSSR count). The average Bonchev–Trinajstić information content (AvgIpc) is 3.68. The Bertz CT molecular complexity index is 1820. The maximum atomic E-state index is 12.4. The van der Waals surface area contributed by atoms with Crippen molar-refractivity contribution in [3.8, 4) is 0 Å². The summed E-state index contributed by atoms with van der Waals surface area (Å²) >= 11 is 1.28. The maximum Gasteiger partial charge on any atom is 0.187 e. The van der Waals surface area contributed by atoms with Crippen molar-refractivity contribution in [2.24, 2.45) is 11.8 Å². The van der Waals surface area contributed by atoms with Gasteiger partial charge in [-0.1, -0.05) is 0 Å². The van der Waals surface area contributed by atoms with Gasteiger partial charge in [0.15, 0.2) is 37.7 Å². The van der Waals surface area contributed by atoms with Crippen LogP contribution in [-0.2, 0) is 114 Å². The molecule has 30 atom stereocenters. The molecule has 22 fully saturated rings. The highest BCUT2D eigenvalue weighted by Gasteiger charge is 2.60. The Morgan fingerprint density at radius 2 is 0.614 bits per heavy atom. The first-order valence-corrected chi connectivity index (χ1v) is 29.3. The molecule has 0 aromatic rings. The molecule has 22 aliphatic rings. The van der Waals surface area contributed by atoms with Crippen LogP contribution in [0.3, 0.4) is 0 Å². The molecule has 0 spiro atoms. The highest BCUT2D eigenvalue weighted by molar-refractivity contribution is 7.99. The van der Waals surface area contributed by atoms with Crippen molar-refractivity contribution in [2.75, 3.05) is 144 Å². The van der Waals surface area contributed by atoms with Gasteiger partial charge < -0.3 is 139 Å². The zero-order valence-electron chi connectivity index (χ0n) is 49.8. The molecule has 83 heavy (non-hydrogen) atoms. The SMILES string of the molecule is COCC1O[C@H]2O[C@@H]3C(COC)O[C@@H](O[C@@H]4C(CCO)O[C@@H](O[C@@H]5C(CCO)O[C@@H](O[C@@H]6C(COC)O[C@@H](O[C@@H]7C(COC)O[C@@H](O[C@H]1[C@H](CO)C2OC)C(O)[C@H]7SC)C(CO)[C@H]6OC)C(OC)[C@H]5OC)C(OC)[C@H]4OC)C(OC)[C@H]3OC. The minimum atomic E-state index is -1.40. The van der Waals surface area contributed by atoms with E-state index in [4.69, 9.17) is 114 Å². The first-order chi connectivity index (χ1) is 40.3. The monoisotopic (exact) mass is 1230 g/mol. The summed E-state index contributed by atoms with van der Waals surface area (Å²) in [5.74, 6) is -1.85. The summed E-state index contributed by atoms with van der Waals surface area (Å²) in [5.41, 5.74) is 0. The summed E-state index contributed by atoms with van der Waals surface area (Å²) in [6.07, 6.45) is -27.2. The van der Waals surface area contributed by atoms with E-state index < -0.39 is 196 Å². The summed E-state index contributed by atoms with van der Waals surface area (Å²) in [7, 11) is 17.6. The molecular weight excluding hydrogens is 1130 g/mol. The van der Waals surface area contributed by atoms with Crippen molar-refractivity contribution in [1.82, 2.24) is 0 Å². The number of methoxy groups -OCH3 is 12. The minimum absolute atomic E-state index is 0.0115. The fourth-order valence-corrected chi connectivity index (χ4v) is 13.7. The number of ether oxygens (including phenoxy) is 24. The first kappa shape index (κ1) is 69.7. The Balaban J connectivity index is 1.34. The van der Waals surface area contributed by atoms with Gasteiger partial charge in [0.25, 0.3) is 0 Å². The third kappa shape index (κ3) is 15.2. The van der Waals surface area contributed by atoms with Gasteiger partial charge in [0.05, 0.1) is 75.2 Å². The summed E-state index contributed by atoms with van der Waals surface area (Å²) in [6.45, 7) is -2.01. The predicted octanol–water partition coefficient (Wildman–Crippen LogP) is -2.56. The van der Waals surface area contributed by atoms with Gasteiger partial charge in [0, 0.05) is 104 Å². The zero-order valence-corrected chi connectivity index (χ0v) is 50.7. The Kier molecular flexibility index (Phi) is 28.4. The molecule has 12 bridgehead atoms. The van der Waals surface area contributed by atoms with E-state index >= 15 is 0 Å². The van der Waals surface area contributed by atoms with Gasteiger partial charge >= 0.3 is 0 Å². The van der Waals surface area contributed by atoms with Crippen molar-refractivity contribution in [3.05, 3.63) is 0 Å². The number of hydrogen-bond acceptors (Lipinski definition) is 30. The Morgan fingerprint density at radius 3 is 0.976 bits per heavy atom. The van der Waals surface area contributed by atoms with E-state index in [1.807, 2.05) is 0 Å². The van der Waals surface area contributed by atoms with Crippen LogP contribution in [0.4, 0.5) is 0 Å². The number of aliphatic hydroxyl groups is 5. The fourth-order valence-electron chi connectivity index (χ4n) is 12.8. The van der Waals surface area contributed by atoms with Crippen molar-refractivity contribution < 1.29 is 139 Å². The number of aliphatic hydroxyl groups excluding tert-OH is 5. The number of rotatable bonds is 23. The second kappa shape index (κ2) is 33.9. The summed E-state index contributed by atoms with van der Waals surface area (Å²) in [4.78, 5) is 0. The van der Waals surface area contributed by atoms with Gasteiger partial charge in [-0.05, 0) is 19.1 Å². The van der Waals surface area contributed by atoms with Gasteiger partial charge in [0.1, 0.15) is 104 Å². The third-order valence-corrected chi connectivity index (χ3v) is 17.8. The predicted molar refractivity (Wildman–Crippen MR) is 283 cm³/mol. The highest BCUT2D eigenvalue weighted by atomic mass is 32.2. The lowest BCUT2D eigenvalue weighted by atomic mass is 9.88. The molecule has 0 aliphatic carbocycles. The van der Waals surface area contributed by atoms with Crippen LogP contribution >= 0.6 is 11.8 Å². The summed E-state index contributed by atoms with van der Waals surface area (Å²) in [5, 5.41) is 55.4. The Labute approximate surface area is 489 Å². The Morgan fingerprint density at radius 1 is 0.313 bits per heavy atom. The van der Waals surface area contributed by atoms with Crippen molar-refractivity contribution >= 4 is 11.8 Å². The lowest BCUT2D eigenvalue weighted by molar-refractivity contribution is -0.402. The number of thioether (sulfide) groups is 1. The molecule has 0 aromatic carbocycles. The lowest BCUT2D eigenvalue weighted by Gasteiger charge is -2.53. The summed E-state index contributed by atoms with van der Waals surface area (Å²) < 4.78 is 154.